The number of anilines is 1. The Bertz CT molecular complexity index is 1190. The van der Waals surface area contributed by atoms with Gasteiger partial charge in [0.2, 0.25) is 5.91 Å². The van der Waals surface area contributed by atoms with Crippen molar-refractivity contribution in [3.05, 3.63) is 78.1 Å². The normalized spacial score (nSPS) is 15.6. The zero-order valence-corrected chi connectivity index (χ0v) is 18.8. The van der Waals surface area contributed by atoms with Crippen LogP contribution in [0.1, 0.15) is 33.6 Å². The summed E-state index contributed by atoms with van der Waals surface area (Å²) in [5.41, 5.74) is 2.79. The van der Waals surface area contributed by atoms with Crippen molar-refractivity contribution >= 4 is 23.5 Å². The Hall–Kier alpha value is -4.07. The second kappa shape index (κ2) is 9.43. The van der Waals surface area contributed by atoms with E-state index in [0.717, 1.165) is 17.1 Å². The van der Waals surface area contributed by atoms with Gasteiger partial charge in [-0.3, -0.25) is 19.3 Å². The Balaban J connectivity index is 1.12. The van der Waals surface area contributed by atoms with E-state index in [1.54, 1.807) is 30.6 Å². The van der Waals surface area contributed by atoms with Gasteiger partial charge in [-0.1, -0.05) is 42.5 Å². The summed E-state index contributed by atoms with van der Waals surface area (Å²) in [6, 6.07) is 18.8. The number of aromatic nitrogens is 2. The van der Waals surface area contributed by atoms with Crippen LogP contribution in [0.15, 0.2) is 67.0 Å². The van der Waals surface area contributed by atoms with Gasteiger partial charge in [-0.05, 0) is 18.6 Å². The molecule has 1 fully saturated rings. The molecule has 2 aliphatic rings. The molecule has 3 amide bonds. The van der Waals surface area contributed by atoms with E-state index in [1.807, 2.05) is 41.3 Å². The third-order valence-electron chi connectivity index (χ3n) is 6.33. The number of rotatable bonds is 6. The maximum absolute atomic E-state index is 12.7. The maximum atomic E-state index is 12.7. The van der Waals surface area contributed by atoms with E-state index >= 15 is 0 Å². The number of nitrogens with zero attached hydrogens (tertiary/aromatic N) is 5. The third kappa shape index (κ3) is 4.26. The van der Waals surface area contributed by atoms with Crippen LogP contribution in [0.2, 0.25) is 0 Å². The number of carbonyl (C=O) groups is 3. The third-order valence-corrected chi connectivity index (χ3v) is 6.33. The smallest absolute Gasteiger partial charge is 0.261 e. The van der Waals surface area contributed by atoms with Crippen molar-refractivity contribution in [2.75, 3.05) is 37.6 Å². The van der Waals surface area contributed by atoms with Crippen LogP contribution in [0.4, 0.5) is 5.82 Å². The van der Waals surface area contributed by atoms with Crippen LogP contribution in [0.3, 0.4) is 0 Å². The molecular formula is C26H25N5O3. The van der Waals surface area contributed by atoms with E-state index in [2.05, 4.69) is 14.9 Å². The van der Waals surface area contributed by atoms with Gasteiger partial charge in [0.1, 0.15) is 12.1 Å². The minimum Gasteiger partial charge on any atom is -0.353 e. The molecule has 0 N–H and O–H groups in total. The van der Waals surface area contributed by atoms with Gasteiger partial charge in [0.15, 0.2) is 0 Å². The van der Waals surface area contributed by atoms with E-state index in [9.17, 15) is 14.4 Å². The SMILES string of the molecule is O=C(CCCN1C(=O)c2ccccc2C1=O)N1CCN(c2cc(-c3ccccc3)ncn2)CC1. The topological polar surface area (TPSA) is 86.7 Å². The number of benzene rings is 2. The summed E-state index contributed by atoms with van der Waals surface area (Å²) >= 11 is 0. The summed E-state index contributed by atoms with van der Waals surface area (Å²) in [5, 5.41) is 0. The van der Waals surface area contributed by atoms with Crippen molar-refractivity contribution in [2.24, 2.45) is 0 Å². The predicted octanol–water partition coefficient (Wildman–Crippen LogP) is 2.87. The van der Waals surface area contributed by atoms with Crippen molar-refractivity contribution in [1.82, 2.24) is 19.8 Å². The molecule has 8 nitrogen and oxygen atoms in total. The summed E-state index contributed by atoms with van der Waals surface area (Å²) in [6.07, 6.45) is 2.34. The first kappa shape index (κ1) is 21.8. The van der Waals surface area contributed by atoms with Gasteiger partial charge in [-0.15, -0.1) is 0 Å². The second-order valence-corrected chi connectivity index (χ2v) is 8.41. The van der Waals surface area contributed by atoms with Gasteiger partial charge in [0.05, 0.1) is 16.8 Å². The summed E-state index contributed by atoms with van der Waals surface area (Å²) in [6.45, 7) is 2.85. The lowest BCUT2D eigenvalue weighted by atomic mass is 10.1. The molecular weight excluding hydrogens is 430 g/mol. The minimum absolute atomic E-state index is 0.0453. The molecule has 8 heteroatoms. The quantitative estimate of drug-likeness (QED) is 0.532. The standard InChI is InChI=1S/C26H25N5O3/c32-24(11-6-12-31-25(33)20-9-4-5-10-21(20)26(31)34)30-15-13-29(14-16-30)23-17-22(27-18-28-23)19-7-2-1-3-8-19/h1-5,7-10,17-18H,6,11-16H2. The van der Waals surface area contributed by atoms with Gasteiger partial charge in [0.25, 0.3) is 11.8 Å². The molecule has 0 radical (unpaired) electrons. The van der Waals surface area contributed by atoms with E-state index in [1.165, 1.54) is 4.90 Å². The number of hydrogen-bond donors (Lipinski definition) is 0. The Kier molecular flexibility index (Phi) is 6.03. The molecule has 2 aromatic carbocycles. The fraction of sp³-hybridized carbons (Fsp3) is 0.269. The van der Waals surface area contributed by atoms with E-state index in [0.29, 0.717) is 50.1 Å². The second-order valence-electron chi connectivity index (χ2n) is 8.41. The summed E-state index contributed by atoms with van der Waals surface area (Å²) in [7, 11) is 0. The van der Waals surface area contributed by atoms with Crippen LogP contribution in [-0.4, -0.2) is 70.2 Å². The van der Waals surface area contributed by atoms with Gasteiger partial charge < -0.3 is 9.80 Å². The Morgan fingerprint density at radius 1 is 0.824 bits per heavy atom. The molecule has 0 unspecified atom stereocenters. The monoisotopic (exact) mass is 455 g/mol. The molecule has 2 aliphatic heterocycles. The Labute approximate surface area is 197 Å². The fourth-order valence-electron chi connectivity index (χ4n) is 4.46. The molecule has 0 atom stereocenters. The number of piperazine rings is 1. The number of imide groups is 1. The molecule has 172 valence electrons. The number of amides is 3. The Morgan fingerprint density at radius 3 is 2.15 bits per heavy atom. The van der Waals surface area contributed by atoms with Gasteiger partial charge in [-0.25, -0.2) is 9.97 Å². The molecule has 0 spiro atoms. The van der Waals surface area contributed by atoms with Gasteiger partial charge >= 0.3 is 0 Å². The first-order valence-corrected chi connectivity index (χ1v) is 11.5. The first-order chi connectivity index (χ1) is 16.6. The highest BCUT2D eigenvalue weighted by molar-refractivity contribution is 6.21. The zero-order chi connectivity index (χ0) is 23.5. The van der Waals surface area contributed by atoms with E-state index in [-0.39, 0.29) is 24.3 Å². The van der Waals surface area contributed by atoms with Crippen molar-refractivity contribution in [3.63, 3.8) is 0 Å². The molecule has 3 heterocycles. The lowest BCUT2D eigenvalue weighted by Gasteiger charge is -2.35. The fourth-order valence-corrected chi connectivity index (χ4v) is 4.46. The molecule has 1 saturated heterocycles. The molecule has 34 heavy (non-hydrogen) atoms. The highest BCUT2D eigenvalue weighted by Gasteiger charge is 2.34. The summed E-state index contributed by atoms with van der Waals surface area (Å²) < 4.78 is 0. The predicted molar refractivity (Wildman–Crippen MR) is 127 cm³/mol. The maximum Gasteiger partial charge on any atom is 0.261 e. The van der Waals surface area contributed by atoms with Crippen LogP contribution >= 0.6 is 0 Å². The molecule has 0 aliphatic carbocycles. The minimum atomic E-state index is -0.276. The van der Waals surface area contributed by atoms with Crippen molar-refractivity contribution in [2.45, 2.75) is 12.8 Å². The van der Waals surface area contributed by atoms with Gasteiger partial charge in [0, 0.05) is 50.8 Å². The molecule has 0 bridgehead atoms. The summed E-state index contributed by atoms with van der Waals surface area (Å²) in [4.78, 5) is 51.7. The van der Waals surface area contributed by atoms with Gasteiger partial charge in [-0.2, -0.15) is 0 Å². The molecule has 3 aromatic rings. The number of carbonyl (C=O) groups excluding carboxylic acids is 3. The van der Waals surface area contributed by atoms with Crippen LogP contribution in [0.5, 0.6) is 0 Å². The average molecular weight is 456 g/mol. The Morgan fingerprint density at radius 2 is 1.47 bits per heavy atom. The first-order valence-electron chi connectivity index (χ1n) is 11.5. The highest BCUT2D eigenvalue weighted by Crippen LogP contribution is 2.23. The summed E-state index contributed by atoms with van der Waals surface area (Å²) in [5.74, 6) is 0.346. The van der Waals surface area contributed by atoms with Crippen LogP contribution < -0.4 is 4.90 Å². The molecule has 5 rings (SSSR count). The van der Waals surface area contributed by atoms with Crippen LogP contribution in [-0.2, 0) is 4.79 Å². The van der Waals surface area contributed by atoms with Crippen molar-refractivity contribution in [3.8, 4) is 11.3 Å². The number of hydrogen-bond acceptors (Lipinski definition) is 6. The van der Waals surface area contributed by atoms with Crippen molar-refractivity contribution < 1.29 is 14.4 Å². The number of fused-ring (bicyclic) bond motifs is 1. The molecule has 0 saturated carbocycles. The lowest BCUT2D eigenvalue weighted by molar-refractivity contribution is -0.131. The molecule has 1 aromatic heterocycles. The van der Waals surface area contributed by atoms with Crippen LogP contribution in [0.25, 0.3) is 11.3 Å². The largest absolute Gasteiger partial charge is 0.353 e. The van der Waals surface area contributed by atoms with E-state index < -0.39 is 0 Å². The van der Waals surface area contributed by atoms with Crippen molar-refractivity contribution in [1.29, 1.82) is 0 Å². The van der Waals surface area contributed by atoms with Crippen LogP contribution in [0, 0.1) is 0 Å². The average Bonchev–Trinajstić information content (AvgIpc) is 3.14. The van der Waals surface area contributed by atoms with E-state index in [4.69, 9.17) is 0 Å². The zero-order valence-electron chi connectivity index (χ0n) is 18.8. The highest BCUT2D eigenvalue weighted by atomic mass is 16.2. The lowest BCUT2D eigenvalue weighted by Crippen LogP contribution is -2.49.